The zero-order valence-corrected chi connectivity index (χ0v) is 19.7. The zero-order chi connectivity index (χ0) is 23.5. The quantitative estimate of drug-likeness (QED) is 0.218. The third-order valence-electron chi connectivity index (χ3n) is 5.86. The Hall–Kier alpha value is -3.55. The maximum Gasteiger partial charge on any atom is 0.296 e. The second-order valence-corrected chi connectivity index (χ2v) is 9.92. The van der Waals surface area contributed by atoms with Gasteiger partial charge in [-0.25, -0.2) is 9.97 Å². The molecule has 0 radical (unpaired) electrons. The van der Waals surface area contributed by atoms with E-state index in [1.165, 1.54) is 5.56 Å². The number of hydrogen-bond acceptors (Lipinski definition) is 5. The molecular weight excluding hydrogens is 446 g/mol. The lowest BCUT2D eigenvalue weighted by Gasteiger charge is -2.08. The molecule has 0 saturated carbocycles. The normalized spacial score (nSPS) is 11.9. The van der Waals surface area contributed by atoms with Crippen LogP contribution in [0.25, 0.3) is 28.1 Å². The Bertz CT molecular complexity index is 1540. The van der Waals surface area contributed by atoms with Gasteiger partial charge in [0, 0.05) is 6.20 Å². The van der Waals surface area contributed by atoms with E-state index in [0.29, 0.717) is 12.2 Å². The van der Waals surface area contributed by atoms with Crippen molar-refractivity contribution in [2.75, 3.05) is 6.61 Å². The van der Waals surface area contributed by atoms with E-state index < -0.39 is 10.1 Å². The summed E-state index contributed by atoms with van der Waals surface area (Å²) < 4.78 is 31.8. The van der Waals surface area contributed by atoms with E-state index in [9.17, 15) is 8.42 Å². The van der Waals surface area contributed by atoms with Crippen LogP contribution in [-0.4, -0.2) is 29.4 Å². The lowest BCUT2D eigenvalue weighted by atomic mass is 10.0. The van der Waals surface area contributed by atoms with Crippen LogP contribution in [0.4, 0.5) is 0 Å². The Labute approximate surface area is 199 Å². The molecule has 0 bridgehead atoms. The maximum absolute atomic E-state index is 12.3. The molecule has 0 unspecified atom stereocenters. The average molecular weight is 472 g/mol. The minimum Gasteiger partial charge on any atom is -0.276 e. The zero-order valence-electron chi connectivity index (χ0n) is 18.9. The summed E-state index contributed by atoms with van der Waals surface area (Å²) in [5, 5.41) is 0. The van der Waals surface area contributed by atoms with Gasteiger partial charge in [0.15, 0.2) is 0 Å². The molecular formula is C27H25N3O3S. The van der Waals surface area contributed by atoms with Crippen LogP contribution in [0.1, 0.15) is 24.0 Å². The Morgan fingerprint density at radius 1 is 0.882 bits per heavy atom. The highest BCUT2D eigenvalue weighted by Crippen LogP contribution is 2.25. The summed E-state index contributed by atoms with van der Waals surface area (Å²) >= 11 is 0. The van der Waals surface area contributed by atoms with Gasteiger partial charge in [0.25, 0.3) is 10.1 Å². The fourth-order valence-corrected chi connectivity index (χ4v) is 4.97. The van der Waals surface area contributed by atoms with Crippen LogP contribution in [0, 0.1) is 6.92 Å². The second-order valence-electron chi connectivity index (χ2n) is 8.31. The SMILES string of the molecule is Cc1ccc(S(=O)(=O)OCCCCc2ccc(-c3ccnc4nc5ccccc5n34)cc2)cc1. The lowest BCUT2D eigenvalue weighted by molar-refractivity contribution is 0.308. The minimum atomic E-state index is -3.70. The topological polar surface area (TPSA) is 73.6 Å². The van der Waals surface area contributed by atoms with Crippen LogP contribution in [-0.2, 0) is 20.7 Å². The van der Waals surface area contributed by atoms with E-state index in [4.69, 9.17) is 4.18 Å². The van der Waals surface area contributed by atoms with Crippen molar-refractivity contribution in [1.82, 2.24) is 14.4 Å². The van der Waals surface area contributed by atoms with Gasteiger partial charge in [-0.05, 0) is 67.6 Å². The maximum atomic E-state index is 12.3. The summed E-state index contributed by atoms with van der Waals surface area (Å²) in [5.74, 6) is 0.684. The molecule has 5 rings (SSSR count). The molecule has 7 heteroatoms. The summed E-state index contributed by atoms with van der Waals surface area (Å²) in [5.41, 5.74) is 6.30. The van der Waals surface area contributed by atoms with E-state index in [1.54, 1.807) is 30.5 Å². The molecule has 0 aliphatic heterocycles. The average Bonchev–Trinajstić information content (AvgIpc) is 3.23. The van der Waals surface area contributed by atoms with E-state index >= 15 is 0 Å². The van der Waals surface area contributed by atoms with Crippen molar-refractivity contribution in [2.45, 2.75) is 31.1 Å². The fraction of sp³-hybridized carbons (Fsp3) is 0.185. The molecule has 0 fully saturated rings. The fourth-order valence-electron chi connectivity index (χ4n) is 4.03. The molecule has 172 valence electrons. The van der Waals surface area contributed by atoms with Crippen molar-refractivity contribution in [3.8, 4) is 11.3 Å². The number of hydrogen-bond donors (Lipinski definition) is 0. The number of aromatic nitrogens is 3. The largest absolute Gasteiger partial charge is 0.296 e. The smallest absolute Gasteiger partial charge is 0.276 e. The lowest BCUT2D eigenvalue weighted by Crippen LogP contribution is -2.07. The highest BCUT2D eigenvalue weighted by molar-refractivity contribution is 7.86. The van der Waals surface area contributed by atoms with Gasteiger partial charge in [-0.3, -0.25) is 8.58 Å². The van der Waals surface area contributed by atoms with Gasteiger partial charge < -0.3 is 0 Å². The first-order valence-corrected chi connectivity index (χ1v) is 12.7. The predicted molar refractivity (Wildman–Crippen MR) is 133 cm³/mol. The van der Waals surface area contributed by atoms with E-state index in [-0.39, 0.29) is 11.5 Å². The van der Waals surface area contributed by atoms with Crippen LogP contribution in [0.15, 0.2) is 90.0 Å². The van der Waals surface area contributed by atoms with Gasteiger partial charge in [-0.2, -0.15) is 8.42 Å². The standard InChI is InChI=1S/C27H25N3O3S/c1-20-9-15-23(16-10-20)34(31,32)33-19-5-4-6-21-11-13-22(14-12-21)25-17-18-28-27-29-24-7-2-3-8-26(24)30(25)27/h2-3,7-18H,4-6,19H2,1H3. The number of rotatable bonds is 8. The van der Waals surface area contributed by atoms with Gasteiger partial charge in [0.1, 0.15) is 0 Å². The Morgan fingerprint density at radius 2 is 1.65 bits per heavy atom. The first-order chi connectivity index (χ1) is 16.5. The highest BCUT2D eigenvalue weighted by Gasteiger charge is 2.14. The summed E-state index contributed by atoms with van der Waals surface area (Å²) in [4.78, 5) is 9.23. The van der Waals surface area contributed by atoms with Crippen LogP contribution in [0.2, 0.25) is 0 Å². The number of nitrogens with zero attached hydrogens (tertiary/aromatic N) is 3. The first kappa shape index (κ1) is 22.3. The van der Waals surface area contributed by atoms with Crippen LogP contribution >= 0.6 is 0 Å². The molecule has 2 heterocycles. The van der Waals surface area contributed by atoms with Gasteiger partial charge in [0.05, 0.1) is 28.2 Å². The van der Waals surface area contributed by atoms with Gasteiger partial charge >= 0.3 is 0 Å². The second kappa shape index (κ2) is 9.37. The summed E-state index contributed by atoms with van der Waals surface area (Å²) in [7, 11) is -3.70. The molecule has 0 amide bonds. The molecule has 0 atom stereocenters. The van der Waals surface area contributed by atoms with Crippen molar-refractivity contribution >= 4 is 26.9 Å². The third-order valence-corrected chi connectivity index (χ3v) is 7.19. The summed E-state index contributed by atoms with van der Waals surface area (Å²) in [6.07, 6.45) is 4.15. The number of imidazole rings is 1. The predicted octanol–water partition coefficient (Wildman–Crippen LogP) is 5.59. The molecule has 6 nitrogen and oxygen atoms in total. The number of benzene rings is 3. The minimum absolute atomic E-state index is 0.178. The summed E-state index contributed by atoms with van der Waals surface area (Å²) in [6.45, 7) is 2.10. The Balaban J connectivity index is 1.21. The Morgan fingerprint density at radius 3 is 2.44 bits per heavy atom. The number of para-hydroxylation sites is 2. The molecule has 0 N–H and O–H groups in total. The van der Waals surface area contributed by atoms with Gasteiger partial charge in [0.2, 0.25) is 5.78 Å². The molecule has 0 spiro atoms. The number of unbranched alkanes of at least 4 members (excludes halogenated alkanes) is 1. The number of fused-ring (bicyclic) bond motifs is 3. The molecule has 2 aromatic heterocycles. The third kappa shape index (κ3) is 4.58. The molecule has 0 aliphatic carbocycles. The number of aryl methyl sites for hydroxylation is 2. The molecule has 34 heavy (non-hydrogen) atoms. The van der Waals surface area contributed by atoms with Crippen molar-refractivity contribution in [1.29, 1.82) is 0 Å². The van der Waals surface area contributed by atoms with E-state index in [2.05, 4.69) is 44.7 Å². The van der Waals surface area contributed by atoms with E-state index in [0.717, 1.165) is 40.7 Å². The van der Waals surface area contributed by atoms with Crippen molar-refractivity contribution in [3.05, 3.63) is 96.2 Å². The van der Waals surface area contributed by atoms with Gasteiger partial charge in [-0.15, -0.1) is 0 Å². The van der Waals surface area contributed by atoms with Crippen LogP contribution in [0.3, 0.4) is 0 Å². The first-order valence-electron chi connectivity index (χ1n) is 11.3. The molecule has 0 saturated heterocycles. The monoisotopic (exact) mass is 471 g/mol. The summed E-state index contributed by atoms with van der Waals surface area (Å²) in [6, 6.07) is 25.2. The molecule has 5 aromatic rings. The van der Waals surface area contributed by atoms with Crippen molar-refractivity contribution in [2.24, 2.45) is 0 Å². The van der Waals surface area contributed by atoms with Crippen molar-refractivity contribution < 1.29 is 12.6 Å². The van der Waals surface area contributed by atoms with Crippen LogP contribution in [0.5, 0.6) is 0 Å². The van der Waals surface area contributed by atoms with Crippen LogP contribution < -0.4 is 0 Å². The van der Waals surface area contributed by atoms with E-state index in [1.807, 2.05) is 31.2 Å². The van der Waals surface area contributed by atoms with Crippen molar-refractivity contribution in [3.63, 3.8) is 0 Å². The highest BCUT2D eigenvalue weighted by atomic mass is 32.2. The molecule has 0 aliphatic rings. The van der Waals surface area contributed by atoms with Gasteiger partial charge in [-0.1, -0.05) is 54.1 Å². The Kier molecular flexibility index (Phi) is 6.13. The molecule has 3 aromatic carbocycles.